The van der Waals surface area contributed by atoms with Gasteiger partial charge in [0.25, 0.3) is 5.56 Å². The van der Waals surface area contributed by atoms with Gasteiger partial charge in [0.1, 0.15) is 5.82 Å². The highest BCUT2D eigenvalue weighted by Gasteiger charge is 2.34. The molecule has 1 atom stereocenters. The minimum Gasteiger partial charge on any atom is -0.383 e. The van der Waals surface area contributed by atoms with Gasteiger partial charge in [0.15, 0.2) is 0 Å². The molecular weight excluding hydrogens is 380 g/mol. The highest BCUT2D eigenvalue weighted by Crippen LogP contribution is 2.31. The van der Waals surface area contributed by atoms with Crippen molar-refractivity contribution >= 4 is 16.9 Å². The lowest BCUT2D eigenvalue weighted by molar-refractivity contribution is 0.174. The molecule has 4 rings (SSSR count). The van der Waals surface area contributed by atoms with Crippen molar-refractivity contribution in [1.29, 1.82) is 0 Å². The van der Waals surface area contributed by atoms with Crippen LogP contribution in [0.2, 0.25) is 0 Å². The van der Waals surface area contributed by atoms with Gasteiger partial charge in [0, 0.05) is 19.7 Å². The Morgan fingerprint density at radius 2 is 1.90 bits per heavy atom. The van der Waals surface area contributed by atoms with E-state index in [0.29, 0.717) is 36.4 Å². The number of para-hydroxylation sites is 1. The van der Waals surface area contributed by atoms with Gasteiger partial charge in [-0.1, -0.05) is 37.8 Å². The first kappa shape index (κ1) is 20.8. The zero-order valence-electron chi connectivity index (χ0n) is 17.8. The van der Waals surface area contributed by atoms with Crippen molar-refractivity contribution in [2.24, 2.45) is 0 Å². The zero-order chi connectivity index (χ0) is 20.9. The molecule has 30 heavy (non-hydrogen) atoms. The number of benzene rings is 1. The molecule has 2 aromatic rings. The number of hydrogen-bond acceptors (Lipinski definition) is 4. The molecule has 1 aliphatic heterocycles. The number of amides is 2. The lowest BCUT2D eigenvalue weighted by atomic mass is 10.1. The fourth-order valence-electron chi connectivity index (χ4n) is 4.80. The van der Waals surface area contributed by atoms with Crippen LogP contribution < -0.4 is 10.9 Å². The number of hydrogen-bond donors (Lipinski definition) is 1. The predicted octanol–water partition coefficient (Wildman–Crippen LogP) is 3.61. The second-order valence-electron chi connectivity index (χ2n) is 8.43. The number of likely N-dealkylation sites (tertiary alicyclic amines) is 1. The van der Waals surface area contributed by atoms with Gasteiger partial charge < -0.3 is 15.0 Å². The van der Waals surface area contributed by atoms with Crippen LogP contribution in [-0.4, -0.2) is 46.8 Å². The summed E-state index contributed by atoms with van der Waals surface area (Å²) in [7, 11) is 1.63. The van der Waals surface area contributed by atoms with Crippen molar-refractivity contribution in [3.8, 4) is 0 Å². The summed E-state index contributed by atoms with van der Waals surface area (Å²) in [5.41, 5.74) is 0.617. The fraction of sp³-hybridized carbons (Fsp3) is 0.609. The first-order chi connectivity index (χ1) is 14.7. The first-order valence-electron chi connectivity index (χ1n) is 11.2. The van der Waals surface area contributed by atoms with Crippen LogP contribution >= 0.6 is 0 Å². The minimum absolute atomic E-state index is 0.0231. The molecule has 2 amide bonds. The Balaban J connectivity index is 1.64. The number of methoxy groups -OCH3 is 1. The van der Waals surface area contributed by atoms with Crippen LogP contribution in [0.3, 0.4) is 0 Å². The zero-order valence-corrected chi connectivity index (χ0v) is 17.8. The summed E-state index contributed by atoms with van der Waals surface area (Å²) in [4.78, 5) is 33.1. The van der Waals surface area contributed by atoms with E-state index < -0.39 is 0 Å². The smallest absolute Gasteiger partial charge is 0.318 e. The minimum atomic E-state index is -0.190. The number of nitrogens with one attached hydrogen (secondary N) is 1. The van der Waals surface area contributed by atoms with Crippen LogP contribution in [0, 0.1) is 0 Å². The van der Waals surface area contributed by atoms with Crippen molar-refractivity contribution in [1.82, 2.24) is 19.8 Å². The van der Waals surface area contributed by atoms with E-state index in [1.165, 1.54) is 25.7 Å². The summed E-state index contributed by atoms with van der Waals surface area (Å²) in [6.45, 7) is 1.54. The van der Waals surface area contributed by atoms with Gasteiger partial charge in [-0.05, 0) is 37.8 Å². The van der Waals surface area contributed by atoms with Crippen molar-refractivity contribution in [2.75, 3.05) is 20.3 Å². The summed E-state index contributed by atoms with van der Waals surface area (Å²) in [6.07, 6.45) is 8.70. The van der Waals surface area contributed by atoms with Crippen LogP contribution in [-0.2, 0) is 11.3 Å². The molecule has 1 N–H and O–H groups in total. The number of rotatable bonds is 5. The molecule has 2 aliphatic rings. The topological polar surface area (TPSA) is 76.5 Å². The highest BCUT2D eigenvalue weighted by atomic mass is 16.5. The molecule has 0 radical (unpaired) electrons. The maximum absolute atomic E-state index is 13.2. The lowest BCUT2D eigenvalue weighted by Gasteiger charge is -2.29. The van der Waals surface area contributed by atoms with Gasteiger partial charge in [0.2, 0.25) is 0 Å². The number of ether oxygens (including phenoxy) is 1. The predicted molar refractivity (Wildman–Crippen MR) is 117 cm³/mol. The SMILES string of the molecule is COCCn1c(C2CCCN2C(=O)NC2CCCCCC2)nc2ccccc2c1=O. The largest absolute Gasteiger partial charge is 0.383 e. The van der Waals surface area contributed by atoms with Crippen LogP contribution in [0.25, 0.3) is 10.9 Å². The Morgan fingerprint density at radius 3 is 2.67 bits per heavy atom. The maximum atomic E-state index is 13.2. The third kappa shape index (κ3) is 4.36. The average Bonchev–Trinajstić information content (AvgIpc) is 3.11. The van der Waals surface area contributed by atoms with Crippen LogP contribution in [0.15, 0.2) is 29.1 Å². The van der Waals surface area contributed by atoms with Gasteiger partial charge in [0.05, 0.1) is 30.1 Å². The Kier molecular flexibility index (Phi) is 6.67. The summed E-state index contributed by atoms with van der Waals surface area (Å²) in [5.74, 6) is 0.671. The van der Waals surface area contributed by atoms with Gasteiger partial charge >= 0.3 is 6.03 Å². The molecule has 0 bridgehead atoms. The Bertz CT molecular complexity index is 934. The Hall–Kier alpha value is -2.41. The molecule has 1 saturated heterocycles. The number of carbonyl (C=O) groups excluding carboxylic acids is 1. The molecule has 1 saturated carbocycles. The van der Waals surface area contributed by atoms with Gasteiger partial charge in [-0.15, -0.1) is 0 Å². The van der Waals surface area contributed by atoms with E-state index in [9.17, 15) is 9.59 Å². The van der Waals surface area contributed by atoms with E-state index in [0.717, 1.165) is 25.7 Å². The summed E-state index contributed by atoms with van der Waals surface area (Å²) in [5, 5.41) is 3.86. The molecule has 1 aromatic heterocycles. The van der Waals surface area contributed by atoms with E-state index in [1.807, 2.05) is 29.2 Å². The van der Waals surface area contributed by atoms with Crippen LogP contribution in [0.5, 0.6) is 0 Å². The summed E-state index contributed by atoms with van der Waals surface area (Å²) < 4.78 is 6.94. The van der Waals surface area contributed by atoms with E-state index in [1.54, 1.807) is 11.7 Å². The first-order valence-corrected chi connectivity index (χ1v) is 11.2. The van der Waals surface area contributed by atoms with Crippen LogP contribution in [0.1, 0.15) is 63.2 Å². The molecular formula is C23H32N4O3. The second kappa shape index (κ2) is 9.60. The number of carbonyl (C=O) groups is 1. The number of aromatic nitrogens is 2. The third-order valence-electron chi connectivity index (χ3n) is 6.40. The summed E-state index contributed by atoms with van der Waals surface area (Å²) in [6, 6.07) is 7.46. The van der Waals surface area contributed by atoms with E-state index in [-0.39, 0.29) is 23.7 Å². The van der Waals surface area contributed by atoms with Gasteiger partial charge in [-0.3, -0.25) is 9.36 Å². The number of urea groups is 1. The normalized spacial score (nSPS) is 20.4. The molecule has 1 unspecified atom stereocenters. The molecule has 2 heterocycles. The molecule has 0 spiro atoms. The highest BCUT2D eigenvalue weighted by molar-refractivity contribution is 5.78. The van der Waals surface area contributed by atoms with Crippen molar-refractivity contribution in [3.05, 3.63) is 40.4 Å². The molecule has 7 nitrogen and oxygen atoms in total. The second-order valence-corrected chi connectivity index (χ2v) is 8.43. The van der Waals surface area contributed by atoms with Crippen molar-refractivity contribution in [2.45, 2.75) is 70.0 Å². The molecule has 1 aromatic carbocycles. The van der Waals surface area contributed by atoms with Gasteiger partial charge in [-0.2, -0.15) is 0 Å². The summed E-state index contributed by atoms with van der Waals surface area (Å²) >= 11 is 0. The average molecular weight is 413 g/mol. The van der Waals surface area contributed by atoms with Crippen molar-refractivity contribution < 1.29 is 9.53 Å². The standard InChI is InChI=1S/C23H32N4O3/c1-30-16-15-27-21(25-19-12-7-6-11-18(19)22(27)28)20-13-8-14-26(20)23(29)24-17-9-4-2-3-5-10-17/h6-7,11-12,17,20H,2-5,8-10,13-16H2,1H3,(H,24,29). The molecule has 2 fully saturated rings. The molecule has 162 valence electrons. The number of nitrogens with zero attached hydrogens (tertiary/aromatic N) is 3. The van der Waals surface area contributed by atoms with E-state index in [4.69, 9.17) is 9.72 Å². The molecule has 7 heteroatoms. The monoisotopic (exact) mass is 412 g/mol. The Labute approximate surface area is 177 Å². The van der Waals surface area contributed by atoms with E-state index >= 15 is 0 Å². The van der Waals surface area contributed by atoms with Gasteiger partial charge in [-0.25, -0.2) is 9.78 Å². The van der Waals surface area contributed by atoms with E-state index in [2.05, 4.69) is 5.32 Å². The lowest BCUT2D eigenvalue weighted by Crippen LogP contribution is -2.45. The maximum Gasteiger partial charge on any atom is 0.318 e. The quantitative estimate of drug-likeness (QED) is 0.761. The number of fused-ring (bicyclic) bond motifs is 1. The van der Waals surface area contributed by atoms with Crippen molar-refractivity contribution in [3.63, 3.8) is 0 Å². The fourth-order valence-corrected chi connectivity index (χ4v) is 4.80. The van der Waals surface area contributed by atoms with Crippen LogP contribution in [0.4, 0.5) is 4.79 Å². The molecule has 1 aliphatic carbocycles. The Morgan fingerprint density at radius 1 is 1.13 bits per heavy atom. The third-order valence-corrected chi connectivity index (χ3v) is 6.40.